The van der Waals surface area contributed by atoms with Crippen molar-refractivity contribution in [3.05, 3.63) is 29.6 Å². The van der Waals surface area contributed by atoms with E-state index in [1.54, 1.807) is 0 Å². The molecule has 0 saturated heterocycles. The highest BCUT2D eigenvalue weighted by Gasteiger charge is 2.10. The number of carbonyl (C=O) groups is 3. The van der Waals surface area contributed by atoms with Gasteiger partial charge in [-0.1, -0.05) is 0 Å². The van der Waals surface area contributed by atoms with Gasteiger partial charge in [-0.25, -0.2) is 4.39 Å². The maximum atomic E-state index is 13.2. The molecular formula is C11H11FN2O4S. The first-order chi connectivity index (χ1) is 8.90. The molecule has 19 heavy (non-hydrogen) atoms. The summed E-state index contributed by atoms with van der Waals surface area (Å²) < 4.78 is 13.2. The van der Waals surface area contributed by atoms with Crippen molar-refractivity contribution in [1.29, 1.82) is 0 Å². The Kier molecular flexibility index (Phi) is 5.31. The minimum atomic E-state index is -1.02. The van der Waals surface area contributed by atoms with E-state index >= 15 is 0 Å². The van der Waals surface area contributed by atoms with Crippen molar-refractivity contribution in [2.45, 2.75) is 0 Å². The Bertz CT molecular complexity index is 521. The zero-order valence-electron chi connectivity index (χ0n) is 9.68. The number of carbonyl (C=O) groups excluding carboxylic acids is 2. The van der Waals surface area contributed by atoms with Crippen molar-refractivity contribution in [1.82, 2.24) is 0 Å². The Morgan fingerprint density at radius 1 is 1.32 bits per heavy atom. The van der Waals surface area contributed by atoms with Gasteiger partial charge in [-0.15, -0.1) is 11.8 Å². The summed E-state index contributed by atoms with van der Waals surface area (Å²) in [7, 11) is 0. The van der Waals surface area contributed by atoms with Gasteiger partial charge in [0.05, 0.1) is 17.1 Å². The number of carboxylic acid groups (broad SMARTS) is 1. The molecule has 0 unspecified atom stereocenters. The highest BCUT2D eigenvalue weighted by atomic mass is 32.2. The van der Waals surface area contributed by atoms with Gasteiger partial charge in [-0.05, 0) is 18.2 Å². The summed E-state index contributed by atoms with van der Waals surface area (Å²) in [6.45, 7) is 0. The second-order valence-electron chi connectivity index (χ2n) is 3.49. The van der Waals surface area contributed by atoms with E-state index in [0.29, 0.717) is 0 Å². The molecule has 2 amide bonds. The van der Waals surface area contributed by atoms with Crippen molar-refractivity contribution in [2.75, 3.05) is 16.8 Å². The van der Waals surface area contributed by atoms with Crippen molar-refractivity contribution >= 4 is 35.2 Å². The quantitative estimate of drug-likeness (QED) is 0.712. The summed E-state index contributed by atoms with van der Waals surface area (Å²) in [5.41, 5.74) is 4.86. The predicted molar refractivity (Wildman–Crippen MR) is 68.5 cm³/mol. The number of anilines is 1. The fourth-order valence-corrected chi connectivity index (χ4v) is 1.75. The third-order valence-electron chi connectivity index (χ3n) is 1.97. The summed E-state index contributed by atoms with van der Waals surface area (Å²) in [4.78, 5) is 32.6. The molecule has 0 aliphatic carbocycles. The summed E-state index contributed by atoms with van der Waals surface area (Å²) in [6, 6.07) is 3.42. The third kappa shape index (κ3) is 4.96. The van der Waals surface area contributed by atoms with E-state index in [2.05, 4.69) is 5.32 Å². The molecule has 0 radical (unpaired) electrons. The first-order valence-electron chi connectivity index (χ1n) is 5.09. The SMILES string of the molecule is NC(=O)c1cc(NC(=O)CSCC(=O)O)ccc1F. The molecule has 1 aromatic rings. The molecule has 102 valence electrons. The van der Waals surface area contributed by atoms with Crippen molar-refractivity contribution in [3.8, 4) is 0 Å². The van der Waals surface area contributed by atoms with Gasteiger partial charge in [0.15, 0.2) is 0 Å². The minimum Gasteiger partial charge on any atom is -0.481 e. The Labute approximate surface area is 112 Å². The Morgan fingerprint density at radius 2 is 2.00 bits per heavy atom. The summed E-state index contributed by atoms with van der Waals surface area (Å²) in [5.74, 6) is -3.43. The van der Waals surface area contributed by atoms with Gasteiger partial charge in [-0.2, -0.15) is 0 Å². The Hall–Kier alpha value is -2.09. The number of amides is 2. The molecular weight excluding hydrogens is 275 g/mol. The fourth-order valence-electron chi connectivity index (χ4n) is 1.22. The molecule has 1 rings (SSSR count). The second-order valence-corrected chi connectivity index (χ2v) is 4.48. The molecule has 0 aliphatic heterocycles. The van der Waals surface area contributed by atoms with Crippen molar-refractivity contribution in [3.63, 3.8) is 0 Å². The smallest absolute Gasteiger partial charge is 0.313 e. The van der Waals surface area contributed by atoms with Crippen LogP contribution in [0.3, 0.4) is 0 Å². The van der Waals surface area contributed by atoms with E-state index in [1.807, 2.05) is 0 Å². The molecule has 0 bridgehead atoms. The molecule has 8 heteroatoms. The number of nitrogens with two attached hydrogens (primary N) is 1. The highest BCUT2D eigenvalue weighted by molar-refractivity contribution is 8.00. The maximum Gasteiger partial charge on any atom is 0.313 e. The van der Waals surface area contributed by atoms with Gasteiger partial charge in [-0.3, -0.25) is 14.4 Å². The second kappa shape index (κ2) is 6.74. The Morgan fingerprint density at radius 3 is 2.58 bits per heavy atom. The molecule has 4 N–H and O–H groups in total. The third-order valence-corrected chi connectivity index (χ3v) is 2.89. The Balaban J connectivity index is 2.62. The van der Waals surface area contributed by atoms with Crippen LogP contribution < -0.4 is 11.1 Å². The summed E-state index contributed by atoms with van der Waals surface area (Å²) in [6.07, 6.45) is 0. The van der Waals surface area contributed by atoms with E-state index < -0.39 is 23.6 Å². The van der Waals surface area contributed by atoms with Gasteiger partial charge in [0, 0.05) is 5.69 Å². The molecule has 0 fully saturated rings. The fraction of sp³-hybridized carbons (Fsp3) is 0.182. The molecule has 0 aliphatic rings. The van der Waals surface area contributed by atoms with E-state index in [4.69, 9.17) is 10.8 Å². The number of aliphatic carboxylic acids is 1. The number of hydrogen-bond acceptors (Lipinski definition) is 4. The zero-order valence-corrected chi connectivity index (χ0v) is 10.5. The average molecular weight is 286 g/mol. The van der Waals surface area contributed by atoms with Gasteiger partial charge in [0.2, 0.25) is 5.91 Å². The number of hydrogen-bond donors (Lipinski definition) is 3. The number of nitrogens with one attached hydrogen (secondary N) is 1. The zero-order chi connectivity index (χ0) is 14.4. The lowest BCUT2D eigenvalue weighted by Crippen LogP contribution is -2.17. The van der Waals surface area contributed by atoms with E-state index in [0.717, 1.165) is 23.9 Å². The summed E-state index contributed by atoms with van der Waals surface area (Å²) in [5, 5.41) is 10.8. The van der Waals surface area contributed by atoms with Crippen LogP contribution in [0.1, 0.15) is 10.4 Å². The van der Waals surface area contributed by atoms with Gasteiger partial charge in [0.25, 0.3) is 5.91 Å². The number of thioether (sulfide) groups is 1. The lowest BCUT2D eigenvalue weighted by atomic mass is 10.2. The predicted octanol–water partition coefficient (Wildman–Crippen LogP) is 0.681. The van der Waals surface area contributed by atoms with Crippen LogP contribution in [0.2, 0.25) is 0 Å². The molecule has 0 aromatic heterocycles. The number of halogens is 1. The topological polar surface area (TPSA) is 109 Å². The molecule has 0 saturated carbocycles. The molecule has 6 nitrogen and oxygen atoms in total. The number of rotatable bonds is 6. The summed E-state index contributed by atoms with van der Waals surface area (Å²) >= 11 is 0.925. The average Bonchev–Trinajstić information content (AvgIpc) is 2.30. The van der Waals surface area contributed by atoms with Crippen molar-refractivity contribution < 1.29 is 23.9 Å². The van der Waals surface area contributed by atoms with Crippen LogP contribution in [-0.2, 0) is 9.59 Å². The van der Waals surface area contributed by atoms with Crippen LogP contribution in [0.15, 0.2) is 18.2 Å². The number of carboxylic acids is 1. The van der Waals surface area contributed by atoms with Gasteiger partial charge < -0.3 is 16.2 Å². The standard InChI is InChI=1S/C11H11FN2O4S/c12-8-2-1-6(3-7(8)11(13)18)14-9(15)4-19-5-10(16)17/h1-3H,4-5H2,(H2,13,18)(H,14,15)(H,16,17). The maximum absolute atomic E-state index is 13.2. The highest BCUT2D eigenvalue weighted by Crippen LogP contribution is 2.14. The molecule has 1 aromatic carbocycles. The first kappa shape index (κ1) is 15.0. The van der Waals surface area contributed by atoms with Crippen LogP contribution in [0.4, 0.5) is 10.1 Å². The van der Waals surface area contributed by atoms with Crippen LogP contribution >= 0.6 is 11.8 Å². The molecule has 0 atom stereocenters. The van der Waals surface area contributed by atoms with E-state index in [-0.39, 0.29) is 22.8 Å². The largest absolute Gasteiger partial charge is 0.481 e. The van der Waals surface area contributed by atoms with E-state index in [1.165, 1.54) is 6.07 Å². The lowest BCUT2D eigenvalue weighted by molar-refractivity contribution is -0.133. The first-order valence-corrected chi connectivity index (χ1v) is 6.24. The van der Waals surface area contributed by atoms with E-state index in [9.17, 15) is 18.8 Å². The van der Waals surface area contributed by atoms with Gasteiger partial charge >= 0.3 is 5.97 Å². The molecule has 0 heterocycles. The van der Waals surface area contributed by atoms with Crippen molar-refractivity contribution in [2.24, 2.45) is 5.73 Å². The molecule has 0 spiro atoms. The number of primary amides is 1. The van der Waals surface area contributed by atoms with Crippen LogP contribution in [-0.4, -0.2) is 34.4 Å². The number of benzene rings is 1. The minimum absolute atomic E-state index is 0.0599. The monoisotopic (exact) mass is 286 g/mol. The normalized spacial score (nSPS) is 9.95. The van der Waals surface area contributed by atoms with Gasteiger partial charge in [0.1, 0.15) is 5.82 Å². The van der Waals surface area contributed by atoms with Crippen LogP contribution in [0.5, 0.6) is 0 Å². The van der Waals surface area contributed by atoms with Crippen LogP contribution in [0.25, 0.3) is 0 Å². The van der Waals surface area contributed by atoms with Crippen LogP contribution in [0, 0.1) is 5.82 Å². The lowest BCUT2D eigenvalue weighted by Gasteiger charge is -2.06.